The number of ketones is 1. The van der Waals surface area contributed by atoms with Crippen LogP contribution in [0.4, 0.5) is 0 Å². The van der Waals surface area contributed by atoms with Gasteiger partial charge in [-0.05, 0) is 36.3 Å². The number of aromatic nitrogens is 5. The molecule has 0 spiro atoms. The molecule has 0 aliphatic carbocycles. The average molecular weight is 489 g/mol. The highest BCUT2D eigenvalue weighted by Crippen LogP contribution is 2.28. The van der Waals surface area contributed by atoms with Gasteiger partial charge in [0, 0.05) is 24.0 Å². The number of H-pyrrole nitrogens is 1. The van der Waals surface area contributed by atoms with Gasteiger partial charge in [0.2, 0.25) is 5.82 Å². The smallest absolute Gasteiger partial charge is 0.302 e. The summed E-state index contributed by atoms with van der Waals surface area (Å²) in [6.07, 6.45) is 0. The molecule has 0 bridgehead atoms. The van der Waals surface area contributed by atoms with E-state index in [1.54, 1.807) is 19.1 Å². The summed E-state index contributed by atoms with van der Waals surface area (Å²) in [5, 5.41) is 14.7. The van der Waals surface area contributed by atoms with E-state index in [0.717, 1.165) is 10.0 Å². The first kappa shape index (κ1) is 22.3. The van der Waals surface area contributed by atoms with Crippen molar-refractivity contribution in [1.29, 1.82) is 0 Å². The first-order chi connectivity index (χ1) is 14.7. The van der Waals surface area contributed by atoms with Gasteiger partial charge in [-0.1, -0.05) is 28.1 Å². The summed E-state index contributed by atoms with van der Waals surface area (Å²) >= 11 is 3.44. The summed E-state index contributed by atoms with van der Waals surface area (Å²) in [7, 11) is 1.48. The van der Waals surface area contributed by atoms with E-state index in [0.29, 0.717) is 16.8 Å². The minimum atomic E-state index is -0.439. The van der Waals surface area contributed by atoms with E-state index in [1.165, 1.54) is 18.8 Å². The maximum absolute atomic E-state index is 13.3. The molecule has 3 rings (SSSR count). The van der Waals surface area contributed by atoms with Crippen LogP contribution in [0.2, 0.25) is 0 Å². The molecule has 2 aromatic heterocycles. The second kappa shape index (κ2) is 9.21. The van der Waals surface area contributed by atoms with Crippen LogP contribution in [0.1, 0.15) is 44.5 Å². The molecule has 0 saturated heterocycles. The fraction of sp³-hybridized carbons (Fsp3) is 0.300. The van der Waals surface area contributed by atoms with Crippen molar-refractivity contribution >= 4 is 33.6 Å². The molecule has 2 N–H and O–H groups in total. The molecular formula is C20H21BrN6O4. The predicted octanol–water partition coefficient (Wildman–Crippen LogP) is 2.20. The number of hydrogen-bond donors (Lipinski definition) is 2. The van der Waals surface area contributed by atoms with Gasteiger partial charge in [-0.15, -0.1) is 10.2 Å². The molecule has 1 aromatic carbocycles. The fourth-order valence-electron chi connectivity index (χ4n) is 2.98. The van der Waals surface area contributed by atoms with Crippen molar-refractivity contribution in [1.82, 2.24) is 30.5 Å². The Bertz CT molecular complexity index is 1170. The molecule has 0 fully saturated rings. The van der Waals surface area contributed by atoms with Crippen LogP contribution in [0.3, 0.4) is 0 Å². The number of ether oxygens (including phenoxy) is 1. The third-order valence-corrected chi connectivity index (χ3v) is 5.49. The van der Waals surface area contributed by atoms with Crippen LogP contribution >= 0.6 is 15.9 Å². The first-order valence-electron chi connectivity index (χ1n) is 9.40. The normalized spacial score (nSPS) is 10.7. The molecule has 31 heavy (non-hydrogen) atoms. The number of benzene rings is 1. The van der Waals surface area contributed by atoms with Crippen molar-refractivity contribution in [2.24, 2.45) is 0 Å². The zero-order valence-corrected chi connectivity index (χ0v) is 19.0. The monoisotopic (exact) mass is 488 g/mol. The van der Waals surface area contributed by atoms with E-state index in [2.05, 4.69) is 41.6 Å². The van der Waals surface area contributed by atoms with Crippen molar-refractivity contribution in [2.45, 2.75) is 27.3 Å². The highest BCUT2D eigenvalue weighted by Gasteiger charge is 2.27. The Morgan fingerprint density at radius 2 is 2.00 bits per heavy atom. The Kier molecular flexibility index (Phi) is 6.64. The first-order valence-corrected chi connectivity index (χ1v) is 10.2. The van der Waals surface area contributed by atoms with Crippen molar-refractivity contribution in [3.8, 4) is 11.5 Å². The van der Waals surface area contributed by atoms with Gasteiger partial charge in [-0.25, -0.2) is 0 Å². The molecule has 0 atom stereocenters. The van der Waals surface area contributed by atoms with Gasteiger partial charge in [0.25, 0.3) is 5.91 Å². The van der Waals surface area contributed by atoms with Gasteiger partial charge in [0.05, 0.1) is 17.8 Å². The van der Waals surface area contributed by atoms with Crippen LogP contribution in [-0.4, -0.2) is 56.5 Å². The SMILES string of the molecule is CNC(=O)c1[nH]c(-c2nnn(CCOC(C)=O)n2)c(C)c1C(=O)c1ccc(C)c(Br)c1. The Morgan fingerprint density at radius 1 is 1.26 bits per heavy atom. The number of carbonyl (C=O) groups is 3. The van der Waals surface area contributed by atoms with Crippen LogP contribution in [-0.2, 0) is 16.1 Å². The van der Waals surface area contributed by atoms with Crippen molar-refractivity contribution in [3.05, 3.63) is 50.6 Å². The molecule has 0 aliphatic heterocycles. The lowest BCUT2D eigenvalue weighted by Gasteiger charge is -2.06. The van der Waals surface area contributed by atoms with E-state index >= 15 is 0 Å². The Labute approximate surface area is 186 Å². The number of aryl methyl sites for hydroxylation is 1. The number of nitrogens with zero attached hydrogens (tertiary/aromatic N) is 4. The lowest BCUT2D eigenvalue weighted by molar-refractivity contribution is -0.141. The van der Waals surface area contributed by atoms with Gasteiger partial charge in [0.15, 0.2) is 5.78 Å². The van der Waals surface area contributed by atoms with Crippen molar-refractivity contribution < 1.29 is 19.1 Å². The lowest BCUT2D eigenvalue weighted by atomic mass is 9.98. The summed E-state index contributed by atoms with van der Waals surface area (Å²) in [5.41, 5.74) is 2.72. The number of halogens is 1. The molecule has 0 unspecified atom stereocenters. The van der Waals surface area contributed by atoms with Crippen molar-refractivity contribution in [3.63, 3.8) is 0 Å². The van der Waals surface area contributed by atoms with E-state index in [-0.39, 0.29) is 36.0 Å². The average Bonchev–Trinajstić information content (AvgIpc) is 3.33. The summed E-state index contributed by atoms with van der Waals surface area (Å²) < 4.78 is 5.67. The molecular weight excluding hydrogens is 468 g/mol. The fourth-order valence-corrected chi connectivity index (χ4v) is 3.36. The van der Waals surface area contributed by atoms with Gasteiger partial charge in [-0.2, -0.15) is 4.80 Å². The Balaban J connectivity index is 2.00. The quantitative estimate of drug-likeness (QED) is 0.384. The largest absolute Gasteiger partial charge is 0.464 e. The minimum absolute atomic E-state index is 0.102. The van der Waals surface area contributed by atoms with Crippen LogP contribution in [0.25, 0.3) is 11.5 Å². The van der Waals surface area contributed by atoms with Gasteiger partial charge >= 0.3 is 5.97 Å². The molecule has 1 amide bonds. The second-order valence-corrected chi connectivity index (χ2v) is 7.65. The Morgan fingerprint density at radius 3 is 2.65 bits per heavy atom. The number of esters is 1. The number of hydrogen-bond acceptors (Lipinski definition) is 7. The third-order valence-electron chi connectivity index (χ3n) is 4.64. The van der Waals surface area contributed by atoms with E-state index < -0.39 is 11.9 Å². The molecule has 3 aromatic rings. The van der Waals surface area contributed by atoms with Gasteiger partial charge in [-0.3, -0.25) is 14.4 Å². The van der Waals surface area contributed by atoms with Gasteiger partial charge in [0.1, 0.15) is 12.3 Å². The minimum Gasteiger partial charge on any atom is -0.464 e. The topological polar surface area (TPSA) is 132 Å². The van der Waals surface area contributed by atoms with Crippen LogP contribution in [0, 0.1) is 13.8 Å². The number of carbonyl (C=O) groups excluding carboxylic acids is 3. The molecule has 0 saturated carbocycles. The molecule has 162 valence electrons. The van der Waals surface area contributed by atoms with E-state index in [9.17, 15) is 14.4 Å². The molecule has 2 heterocycles. The zero-order chi connectivity index (χ0) is 22.7. The Hall–Kier alpha value is -3.34. The third kappa shape index (κ3) is 4.71. The second-order valence-electron chi connectivity index (χ2n) is 6.80. The van der Waals surface area contributed by atoms with Crippen LogP contribution < -0.4 is 5.32 Å². The number of tetrazole rings is 1. The van der Waals surface area contributed by atoms with Crippen LogP contribution in [0.15, 0.2) is 22.7 Å². The molecule has 11 heteroatoms. The molecule has 0 aliphatic rings. The summed E-state index contributed by atoms with van der Waals surface area (Å²) in [6.45, 7) is 5.27. The standard InChI is InChI=1S/C20H21BrN6O4/c1-10-5-6-13(9-14(10)21)18(29)15-11(2)16(23-17(15)20(30)22-4)19-24-26-27(25-19)7-8-31-12(3)28/h5-6,9,23H,7-8H2,1-4H3,(H,22,30). The predicted molar refractivity (Wildman–Crippen MR) is 115 cm³/mol. The summed E-state index contributed by atoms with van der Waals surface area (Å²) in [6, 6.07) is 5.27. The van der Waals surface area contributed by atoms with Crippen LogP contribution in [0.5, 0.6) is 0 Å². The highest BCUT2D eigenvalue weighted by atomic mass is 79.9. The number of nitrogens with one attached hydrogen (secondary N) is 2. The summed E-state index contributed by atoms with van der Waals surface area (Å²) in [5.74, 6) is -0.927. The van der Waals surface area contributed by atoms with E-state index in [1.807, 2.05) is 13.0 Å². The number of rotatable bonds is 7. The lowest BCUT2D eigenvalue weighted by Crippen LogP contribution is -2.21. The van der Waals surface area contributed by atoms with Gasteiger partial charge < -0.3 is 15.0 Å². The maximum Gasteiger partial charge on any atom is 0.302 e. The molecule has 10 nitrogen and oxygen atoms in total. The number of amides is 1. The van der Waals surface area contributed by atoms with E-state index in [4.69, 9.17) is 4.74 Å². The van der Waals surface area contributed by atoms with Crippen molar-refractivity contribution in [2.75, 3.05) is 13.7 Å². The zero-order valence-electron chi connectivity index (χ0n) is 17.4. The molecule has 0 radical (unpaired) electrons. The summed E-state index contributed by atoms with van der Waals surface area (Å²) in [4.78, 5) is 40.9. The maximum atomic E-state index is 13.3. The number of aromatic amines is 1. The highest BCUT2D eigenvalue weighted by molar-refractivity contribution is 9.10.